The molecule has 4 aromatic rings. The van der Waals surface area contributed by atoms with E-state index in [0.29, 0.717) is 37.4 Å². The average Bonchev–Trinajstić information content (AvgIpc) is 2.93. The summed E-state index contributed by atoms with van der Waals surface area (Å²) in [6, 6.07) is 30.0. The second-order valence-electron chi connectivity index (χ2n) is 9.00. The van der Waals surface area contributed by atoms with Crippen molar-refractivity contribution >= 4 is 32.4 Å². The Morgan fingerprint density at radius 1 is 0.889 bits per heavy atom. The van der Waals surface area contributed by atoms with Crippen molar-refractivity contribution in [2.75, 3.05) is 18.4 Å². The lowest BCUT2D eigenvalue weighted by molar-refractivity contribution is -0.120. The number of ether oxygens (including phenoxy) is 1. The van der Waals surface area contributed by atoms with Gasteiger partial charge in [0.15, 0.2) is 0 Å². The SMILES string of the molecule is O=C(Nc1ccc(OCc2ccccc2)cc1)[C@@H]1CCCN(S(=O)(=O)c2ccc3ccccc3c2)C1. The number of carbonyl (C=O) groups excluding carboxylic acids is 1. The average molecular weight is 501 g/mol. The third-order valence-corrected chi connectivity index (χ3v) is 8.34. The first-order valence-electron chi connectivity index (χ1n) is 12.1. The lowest BCUT2D eigenvalue weighted by Gasteiger charge is -2.31. The molecule has 5 rings (SSSR count). The first-order chi connectivity index (χ1) is 17.5. The Kier molecular flexibility index (Phi) is 7.02. The van der Waals surface area contributed by atoms with Crippen LogP contribution < -0.4 is 10.1 Å². The standard InChI is InChI=1S/C29H28N2O4S/c32-29(30-26-13-15-27(16-14-26)35-21-22-7-2-1-3-8-22)25-11-6-18-31(20-25)36(33,34)28-17-12-23-9-4-5-10-24(23)19-28/h1-5,7-10,12-17,19,25H,6,11,18,20-21H2,(H,30,32)/t25-/m1/s1. The molecule has 0 unspecified atom stereocenters. The quantitative estimate of drug-likeness (QED) is 0.366. The van der Waals surface area contributed by atoms with E-state index in [-0.39, 0.29) is 17.3 Å². The fraction of sp³-hybridized carbons (Fsp3) is 0.207. The maximum absolute atomic E-state index is 13.3. The minimum absolute atomic E-state index is 0.166. The van der Waals surface area contributed by atoms with Gasteiger partial charge in [-0.3, -0.25) is 4.79 Å². The van der Waals surface area contributed by atoms with E-state index in [1.807, 2.05) is 72.8 Å². The van der Waals surface area contributed by atoms with E-state index in [4.69, 9.17) is 4.74 Å². The number of benzene rings is 4. The smallest absolute Gasteiger partial charge is 0.243 e. The molecule has 0 bridgehead atoms. The molecule has 1 amide bonds. The maximum atomic E-state index is 13.3. The molecule has 1 fully saturated rings. The summed E-state index contributed by atoms with van der Waals surface area (Å²) in [6.45, 7) is 1.04. The third-order valence-electron chi connectivity index (χ3n) is 6.48. The first-order valence-corrected chi connectivity index (χ1v) is 13.5. The molecule has 1 atom stereocenters. The predicted molar refractivity (Wildman–Crippen MR) is 141 cm³/mol. The van der Waals surface area contributed by atoms with Crippen molar-refractivity contribution in [1.82, 2.24) is 4.31 Å². The van der Waals surface area contributed by atoms with Crippen LogP contribution in [0.15, 0.2) is 102 Å². The zero-order chi connectivity index (χ0) is 25.0. The van der Waals surface area contributed by atoms with Gasteiger partial charge in [0, 0.05) is 18.8 Å². The topological polar surface area (TPSA) is 75.7 Å². The zero-order valence-corrected chi connectivity index (χ0v) is 20.7. The summed E-state index contributed by atoms with van der Waals surface area (Å²) >= 11 is 0. The number of anilines is 1. The van der Waals surface area contributed by atoms with E-state index >= 15 is 0 Å². The molecule has 1 N–H and O–H groups in total. The van der Waals surface area contributed by atoms with Gasteiger partial charge in [-0.25, -0.2) is 8.42 Å². The van der Waals surface area contributed by atoms with Gasteiger partial charge >= 0.3 is 0 Å². The number of fused-ring (bicyclic) bond motifs is 1. The Balaban J connectivity index is 1.21. The van der Waals surface area contributed by atoms with Crippen molar-refractivity contribution in [3.63, 3.8) is 0 Å². The molecule has 0 radical (unpaired) electrons. The van der Waals surface area contributed by atoms with E-state index in [1.165, 1.54) is 4.31 Å². The lowest BCUT2D eigenvalue weighted by Crippen LogP contribution is -2.43. The molecule has 1 saturated heterocycles. The molecule has 1 heterocycles. The lowest BCUT2D eigenvalue weighted by atomic mass is 9.99. The summed E-state index contributed by atoms with van der Waals surface area (Å²) in [4.78, 5) is 13.2. The highest BCUT2D eigenvalue weighted by molar-refractivity contribution is 7.89. The highest BCUT2D eigenvalue weighted by Crippen LogP contribution is 2.27. The van der Waals surface area contributed by atoms with Crippen LogP contribution in [-0.2, 0) is 21.4 Å². The molecule has 0 aromatic heterocycles. The normalized spacial score (nSPS) is 16.5. The largest absolute Gasteiger partial charge is 0.489 e. The number of rotatable bonds is 7. The van der Waals surface area contributed by atoms with Crippen molar-refractivity contribution in [1.29, 1.82) is 0 Å². The number of carbonyl (C=O) groups is 1. The Labute approximate surface area is 211 Å². The van der Waals surface area contributed by atoms with Crippen LogP contribution in [0.2, 0.25) is 0 Å². The van der Waals surface area contributed by atoms with Crippen molar-refractivity contribution in [2.45, 2.75) is 24.3 Å². The van der Waals surface area contributed by atoms with Crippen LogP contribution in [0.25, 0.3) is 10.8 Å². The van der Waals surface area contributed by atoms with E-state index in [1.54, 1.807) is 24.3 Å². The summed E-state index contributed by atoms with van der Waals surface area (Å²) in [7, 11) is -3.69. The minimum Gasteiger partial charge on any atom is -0.489 e. The second kappa shape index (κ2) is 10.5. The van der Waals surface area contributed by atoms with Crippen molar-refractivity contribution in [3.05, 3.63) is 103 Å². The molecule has 4 aromatic carbocycles. The van der Waals surface area contributed by atoms with Crippen LogP contribution >= 0.6 is 0 Å². The Hall–Kier alpha value is -3.68. The molecule has 1 aliphatic heterocycles. The van der Waals surface area contributed by atoms with Crippen molar-refractivity contribution in [3.8, 4) is 5.75 Å². The number of hydrogen-bond donors (Lipinski definition) is 1. The Morgan fingerprint density at radius 3 is 2.39 bits per heavy atom. The highest BCUT2D eigenvalue weighted by atomic mass is 32.2. The van der Waals surface area contributed by atoms with Crippen LogP contribution in [0.1, 0.15) is 18.4 Å². The molecule has 6 nitrogen and oxygen atoms in total. The second-order valence-corrected chi connectivity index (χ2v) is 10.9. The summed E-state index contributed by atoms with van der Waals surface area (Å²) < 4.78 is 33.9. The van der Waals surface area contributed by atoms with Crippen LogP contribution in [0.5, 0.6) is 5.75 Å². The summed E-state index contributed by atoms with van der Waals surface area (Å²) in [5, 5.41) is 4.80. The number of nitrogens with zero attached hydrogens (tertiary/aromatic N) is 1. The Bertz CT molecular complexity index is 1450. The summed E-state index contributed by atoms with van der Waals surface area (Å²) in [6.07, 6.45) is 1.28. The third kappa shape index (κ3) is 5.42. The van der Waals surface area contributed by atoms with Crippen molar-refractivity contribution < 1.29 is 17.9 Å². The van der Waals surface area contributed by atoms with Gasteiger partial charge < -0.3 is 10.1 Å². The van der Waals surface area contributed by atoms with Crippen LogP contribution in [0.3, 0.4) is 0 Å². The van der Waals surface area contributed by atoms with Gasteiger partial charge in [0.2, 0.25) is 15.9 Å². The van der Waals surface area contributed by atoms with Gasteiger partial charge in [0.25, 0.3) is 0 Å². The summed E-state index contributed by atoms with van der Waals surface area (Å²) in [5.41, 5.74) is 1.73. The van der Waals surface area contributed by atoms with Gasteiger partial charge in [-0.15, -0.1) is 0 Å². The van der Waals surface area contributed by atoms with Gasteiger partial charge in [-0.05, 0) is 65.6 Å². The fourth-order valence-corrected chi connectivity index (χ4v) is 6.03. The molecule has 0 spiro atoms. The molecular weight excluding hydrogens is 472 g/mol. The monoisotopic (exact) mass is 500 g/mol. The van der Waals surface area contributed by atoms with Gasteiger partial charge in [0.05, 0.1) is 10.8 Å². The Morgan fingerprint density at radius 2 is 1.61 bits per heavy atom. The van der Waals surface area contributed by atoms with Crippen molar-refractivity contribution in [2.24, 2.45) is 5.92 Å². The molecule has 7 heteroatoms. The fourth-order valence-electron chi connectivity index (χ4n) is 4.47. The van der Waals surface area contributed by atoms with Gasteiger partial charge in [0.1, 0.15) is 12.4 Å². The highest BCUT2D eigenvalue weighted by Gasteiger charge is 2.33. The summed E-state index contributed by atoms with van der Waals surface area (Å²) in [5.74, 6) is 0.122. The molecule has 0 saturated carbocycles. The number of piperidine rings is 1. The van der Waals surface area contributed by atoms with E-state index in [2.05, 4.69) is 5.32 Å². The number of hydrogen-bond acceptors (Lipinski definition) is 4. The number of nitrogens with one attached hydrogen (secondary N) is 1. The van der Waals surface area contributed by atoms with Gasteiger partial charge in [-0.1, -0.05) is 60.7 Å². The first kappa shape index (κ1) is 24.0. The molecule has 36 heavy (non-hydrogen) atoms. The minimum atomic E-state index is -3.69. The maximum Gasteiger partial charge on any atom is 0.243 e. The van der Waals surface area contributed by atoms with Gasteiger partial charge in [-0.2, -0.15) is 4.31 Å². The van der Waals surface area contributed by atoms with Crippen LogP contribution in [0, 0.1) is 5.92 Å². The molecule has 0 aliphatic carbocycles. The predicted octanol–water partition coefficient (Wildman–Crippen LogP) is 5.46. The molecule has 184 valence electrons. The number of amides is 1. The van der Waals surface area contributed by atoms with E-state index in [0.717, 1.165) is 16.3 Å². The zero-order valence-electron chi connectivity index (χ0n) is 19.8. The van der Waals surface area contributed by atoms with E-state index < -0.39 is 15.9 Å². The molecular formula is C29H28N2O4S. The van der Waals surface area contributed by atoms with Crippen LogP contribution in [-0.4, -0.2) is 31.7 Å². The van der Waals surface area contributed by atoms with E-state index in [9.17, 15) is 13.2 Å². The van der Waals surface area contributed by atoms with Crippen LogP contribution in [0.4, 0.5) is 5.69 Å². The number of sulfonamides is 1. The molecule has 1 aliphatic rings.